The van der Waals surface area contributed by atoms with Crippen LogP contribution < -0.4 is 5.32 Å². The molecular formula is C14H11N3O2. The normalized spacial score (nSPS) is 9.63. The molecule has 94 valence electrons. The molecule has 0 radical (unpaired) electrons. The molecule has 0 unspecified atom stereocenters. The molecule has 0 saturated heterocycles. The van der Waals surface area contributed by atoms with E-state index in [0.717, 1.165) is 5.56 Å². The number of hydrogen-bond donors (Lipinski definition) is 1. The molecule has 19 heavy (non-hydrogen) atoms. The van der Waals surface area contributed by atoms with Crippen molar-refractivity contribution in [3.63, 3.8) is 0 Å². The smallest absolute Gasteiger partial charge is 0.271 e. The van der Waals surface area contributed by atoms with E-state index in [4.69, 9.17) is 5.26 Å². The predicted octanol–water partition coefficient (Wildman–Crippen LogP) is 3.08. The average Bonchev–Trinajstić information content (AvgIpc) is 2.46. The van der Waals surface area contributed by atoms with Crippen LogP contribution in [0.15, 0.2) is 48.5 Å². The molecule has 0 atom stereocenters. The zero-order valence-corrected chi connectivity index (χ0v) is 10.0. The van der Waals surface area contributed by atoms with Crippen LogP contribution in [0.5, 0.6) is 0 Å². The highest BCUT2D eigenvalue weighted by atomic mass is 16.6. The third-order valence-electron chi connectivity index (χ3n) is 2.64. The van der Waals surface area contributed by atoms with Crippen molar-refractivity contribution in [1.29, 1.82) is 5.26 Å². The fourth-order valence-electron chi connectivity index (χ4n) is 1.63. The minimum Gasteiger partial charge on any atom is -0.381 e. The second kappa shape index (κ2) is 5.65. The summed E-state index contributed by atoms with van der Waals surface area (Å²) in [6, 6.07) is 15.6. The van der Waals surface area contributed by atoms with Crippen molar-refractivity contribution in [2.24, 2.45) is 0 Å². The highest BCUT2D eigenvalue weighted by molar-refractivity contribution is 5.51. The third-order valence-corrected chi connectivity index (χ3v) is 2.64. The number of hydrogen-bond acceptors (Lipinski definition) is 4. The maximum Gasteiger partial charge on any atom is 0.271 e. The minimum atomic E-state index is -0.424. The molecule has 0 fully saturated rings. The number of nitro benzene ring substituents is 1. The van der Waals surface area contributed by atoms with Gasteiger partial charge in [0.2, 0.25) is 0 Å². The van der Waals surface area contributed by atoms with E-state index >= 15 is 0 Å². The molecule has 0 amide bonds. The Morgan fingerprint density at radius 1 is 1.21 bits per heavy atom. The molecule has 2 rings (SSSR count). The number of anilines is 1. The molecule has 0 aliphatic rings. The molecular weight excluding hydrogens is 242 g/mol. The fourth-order valence-corrected chi connectivity index (χ4v) is 1.63. The monoisotopic (exact) mass is 253 g/mol. The van der Waals surface area contributed by atoms with Crippen LogP contribution >= 0.6 is 0 Å². The van der Waals surface area contributed by atoms with E-state index in [1.165, 1.54) is 12.1 Å². The van der Waals surface area contributed by atoms with Gasteiger partial charge in [-0.05, 0) is 23.8 Å². The van der Waals surface area contributed by atoms with Gasteiger partial charge in [0.25, 0.3) is 5.69 Å². The van der Waals surface area contributed by atoms with Crippen LogP contribution in [0.2, 0.25) is 0 Å². The van der Waals surface area contributed by atoms with E-state index < -0.39 is 4.92 Å². The van der Waals surface area contributed by atoms with E-state index in [2.05, 4.69) is 11.4 Å². The quantitative estimate of drug-likeness (QED) is 0.670. The van der Waals surface area contributed by atoms with Crippen molar-refractivity contribution >= 4 is 11.4 Å². The topological polar surface area (TPSA) is 79.0 Å². The average molecular weight is 253 g/mol. The van der Waals surface area contributed by atoms with Crippen LogP contribution in [0.25, 0.3) is 0 Å². The summed E-state index contributed by atoms with van der Waals surface area (Å²) in [6.07, 6.45) is 0. The van der Waals surface area contributed by atoms with Crippen molar-refractivity contribution < 1.29 is 4.92 Å². The van der Waals surface area contributed by atoms with Crippen molar-refractivity contribution in [2.45, 2.75) is 6.54 Å². The van der Waals surface area contributed by atoms with E-state index in [0.29, 0.717) is 17.8 Å². The number of rotatable bonds is 4. The van der Waals surface area contributed by atoms with E-state index in [9.17, 15) is 10.1 Å². The zero-order valence-electron chi connectivity index (χ0n) is 10.0. The van der Waals surface area contributed by atoms with E-state index in [-0.39, 0.29) is 5.69 Å². The highest BCUT2D eigenvalue weighted by Crippen LogP contribution is 2.17. The Labute approximate surface area is 110 Å². The van der Waals surface area contributed by atoms with Crippen molar-refractivity contribution in [1.82, 2.24) is 0 Å². The minimum absolute atomic E-state index is 0.0600. The highest BCUT2D eigenvalue weighted by Gasteiger charge is 2.05. The summed E-state index contributed by atoms with van der Waals surface area (Å²) in [6.45, 7) is 0.548. The summed E-state index contributed by atoms with van der Waals surface area (Å²) in [5.74, 6) is 0. The van der Waals surface area contributed by atoms with Gasteiger partial charge in [-0.2, -0.15) is 5.26 Å². The van der Waals surface area contributed by atoms with Gasteiger partial charge in [-0.3, -0.25) is 10.1 Å². The molecule has 5 nitrogen and oxygen atoms in total. The first-order chi connectivity index (χ1) is 9.19. The maximum atomic E-state index is 10.6. The summed E-state index contributed by atoms with van der Waals surface area (Å²) in [5, 5.41) is 22.4. The molecule has 0 aliphatic heterocycles. The summed E-state index contributed by atoms with van der Waals surface area (Å²) in [7, 11) is 0. The van der Waals surface area contributed by atoms with Gasteiger partial charge in [-0.15, -0.1) is 0 Å². The van der Waals surface area contributed by atoms with Crippen LogP contribution in [0.3, 0.4) is 0 Å². The van der Waals surface area contributed by atoms with Crippen LogP contribution in [-0.2, 0) is 6.54 Å². The number of non-ortho nitro benzene ring substituents is 1. The van der Waals surface area contributed by atoms with Gasteiger partial charge in [0, 0.05) is 24.4 Å². The van der Waals surface area contributed by atoms with Gasteiger partial charge in [0.1, 0.15) is 0 Å². The van der Waals surface area contributed by atoms with Gasteiger partial charge in [-0.1, -0.05) is 18.2 Å². The lowest BCUT2D eigenvalue weighted by Gasteiger charge is -2.06. The molecule has 2 aromatic carbocycles. The molecule has 0 aromatic heterocycles. The summed E-state index contributed by atoms with van der Waals surface area (Å²) in [5.41, 5.74) is 2.37. The molecule has 2 aromatic rings. The summed E-state index contributed by atoms with van der Waals surface area (Å²) in [4.78, 5) is 10.2. The third kappa shape index (κ3) is 3.30. The Morgan fingerprint density at radius 2 is 1.95 bits per heavy atom. The van der Waals surface area contributed by atoms with Crippen LogP contribution in [0.4, 0.5) is 11.4 Å². The Balaban J connectivity index is 2.03. The molecule has 0 aliphatic carbocycles. The first-order valence-corrected chi connectivity index (χ1v) is 5.66. The lowest BCUT2D eigenvalue weighted by Crippen LogP contribution is -1.99. The number of nitro groups is 1. The maximum absolute atomic E-state index is 10.6. The Hall–Kier alpha value is -2.87. The molecule has 0 heterocycles. The van der Waals surface area contributed by atoms with Gasteiger partial charge in [0.05, 0.1) is 16.6 Å². The predicted molar refractivity (Wildman–Crippen MR) is 71.6 cm³/mol. The standard InChI is InChI=1S/C14H11N3O2/c15-9-11-4-6-12(7-5-11)10-16-13-2-1-3-14(8-13)17(18)19/h1-8,16H,10H2. The number of benzene rings is 2. The van der Waals surface area contributed by atoms with E-state index in [1.54, 1.807) is 24.3 Å². The first-order valence-electron chi connectivity index (χ1n) is 5.66. The number of nitriles is 1. The molecule has 0 spiro atoms. The lowest BCUT2D eigenvalue weighted by atomic mass is 10.1. The van der Waals surface area contributed by atoms with Crippen molar-refractivity contribution in [3.8, 4) is 6.07 Å². The molecule has 0 saturated carbocycles. The first kappa shape index (κ1) is 12.6. The molecule has 0 bridgehead atoms. The van der Waals surface area contributed by atoms with Crippen molar-refractivity contribution in [3.05, 3.63) is 69.8 Å². The van der Waals surface area contributed by atoms with Gasteiger partial charge in [-0.25, -0.2) is 0 Å². The second-order valence-electron chi connectivity index (χ2n) is 3.97. The zero-order chi connectivity index (χ0) is 13.7. The van der Waals surface area contributed by atoms with Crippen molar-refractivity contribution in [2.75, 3.05) is 5.32 Å². The fraction of sp³-hybridized carbons (Fsp3) is 0.0714. The Morgan fingerprint density at radius 3 is 2.58 bits per heavy atom. The molecule has 1 N–H and O–H groups in total. The largest absolute Gasteiger partial charge is 0.381 e. The van der Waals surface area contributed by atoms with Crippen LogP contribution in [0.1, 0.15) is 11.1 Å². The Bertz CT molecular complexity index is 630. The Kier molecular flexibility index (Phi) is 3.74. The van der Waals surface area contributed by atoms with Gasteiger partial charge < -0.3 is 5.32 Å². The number of nitrogens with zero attached hydrogens (tertiary/aromatic N) is 2. The summed E-state index contributed by atoms with van der Waals surface area (Å²) < 4.78 is 0. The second-order valence-corrected chi connectivity index (χ2v) is 3.97. The van der Waals surface area contributed by atoms with Crippen LogP contribution in [-0.4, -0.2) is 4.92 Å². The SMILES string of the molecule is N#Cc1ccc(CNc2cccc([N+](=O)[O-])c2)cc1. The lowest BCUT2D eigenvalue weighted by molar-refractivity contribution is -0.384. The molecule has 5 heteroatoms. The number of nitrogens with one attached hydrogen (secondary N) is 1. The van der Waals surface area contributed by atoms with Gasteiger partial charge >= 0.3 is 0 Å². The van der Waals surface area contributed by atoms with Gasteiger partial charge in [0.15, 0.2) is 0 Å². The summed E-state index contributed by atoms with van der Waals surface area (Å²) >= 11 is 0. The van der Waals surface area contributed by atoms with Crippen LogP contribution in [0, 0.1) is 21.4 Å². The van der Waals surface area contributed by atoms with E-state index in [1.807, 2.05) is 12.1 Å².